The number of sulfonamides is 1. The number of nitrogens with zero attached hydrogens (tertiary/aromatic N) is 3. The topological polar surface area (TPSA) is 62.7 Å². The van der Waals surface area contributed by atoms with Crippen LogP contribution in [-0.2, 0) is 10.0 Å². The Kier molecular flexibility index (Phi) is 8.85. The first-order chi connectivity index (χ1) is 18.0. The maximum atomic E-state index is 14.1. The van der Waals surface area contributed by atoms with Crippen molar-refractivity contribution in [3.05, 3.63) is 58.5 Å². The molecule has 3 aromatic rings. The average Bonchev–Trinajstić information content (AvgIpc) is 3.39. The molecule has 38 heavy (non-hydrogen) atoms. The third-order valence-electron chi connectivity index (χ3n) is 7.14. The molecule has 0 atom stereocenters. The first kappa shape index (κ1) is 28.6. The fourth-order valence-corrected chi connectivity index (χ4v) is 7.84. The van der Waals surface area contributed by atoms with Crippen LogP contribution >= 0.6 is 11.3 Å². The van der Waals surface area contributed by atoms with E-state index in [1.807, 2.05) is 31.2 Å². The molecule has 4 rings (SSSR count). The molecule has 0 radical (unpaired) electrons. The Bertz CT molecular complexity index is 1310. The zero-order chi connectivity index (χ0) is 27.6. The first-order valence-corrected chi connectivity index (χ1v) is 16.0. The number of benzene rings is 2. The van der Waals surface area contributed by atoms with Gasteiger partial charge in [0.25, 0.3) is 0 Å². The second-order valence-electron chi connectivity index (χ2n) is 10.9. The molecule has 1 saturated heterocycles. The SMILES string of the molecule is CCOc1ccc(-c2csc(N3CCN(S(=O)(=O)c4c(C(C)C)cc(C(C)C)cc4C(C)C)CC3)n2)cc1. The molecule has 206 valence electrons. The van der Waals surface area contributed by atoms with Gasteiger partial charge >= 0.3 is 0 Å². The summed E-state index contributed by atoms with van der Waals surface area (Å²) in [5.41, 5.74) is 5.04. The summed E-state index contributed by atoms with van der Waals surface area (Å²) >= 11 is 1.60. The van der Waals surface area contributed by atoms with Gasteiger partial charge < -0.3 is 9.64 Å². The van der Waals surface area contributed by atoms with Gasteiger partial charge in [0.15, 0.2) is 5.13 Å². The van der Waals surface area contributed by atoms with Crippen LogP contribution in [0.1, 0.15) is 82.9 Å². The van der Waals surface area contributed by atoms with Crippen LogP contribution in [0.25, 0.3) is 11.3 Å². The Balaban J connectivity index is 1.54. The van der Waals surface area contributed by atoms with Gasteiger partial charge in [-0.3, -0.25) is 0 Å². The van der Waals surface area contributed by atoms with Gasteiger partial charge in [-0.1, -0.05) is 53.7 Å². The van der Waals surface area contributed by atoms with Crippen molar-refractivity contribution in [2.24, 2.45) is 0 Å². The summed E-state index contributed by atoms with van der Waals surface area (Å²) < 4.78 is 35.4. The molecule has 8 heteroatoms. The normalized spacial score (nSPS) is 15.2. The van der Waals surface area contributed by atoms with E-state index >= 15 is 0 Å². The van der Waals surface area contributed by atoms with Crippen molar-refractivity contribution in [1.82, 2.24) is 9.29 Å². The van der Waals surface area contributed by atoms with E-state index in [-0.39, 0.29) is 11.8 Å². The van der Waals surface area contributed by atoms with Crippen molar-refractivity contribution >= 4 is 26.5 Å². The van der Waals surface area contributed by atoms with Gasteiger partial charge in [-0.25, -0.2) is 13.4 Å². The fourth-order valence-electron chi connectivity index (χ4n) is 4.87. The molecule has 6 nitrogen and oxygen atoms in total. The smallest absolute Gasteiger partial charge is 0.243 e. The third-order valence-corrected chi connectivity index (χ3v) is 10.1. The van der Waals surface area contributed by atoms with Crippen molar-refractivity contribution in [2.75, 3.05) is 37.7 Å². The van der Waals surface area contributed by atoms with Gasteiger partial charge in [0.05, 0.1) is 17.2 Å². The Morgan fingerprint density at radius 1 is 0.895 bits per heavy atom. The molecule has 1 fully saturated rings. The highest BCUT2D eigenvalue weighted by Crippen LogP contribution is 2.37. The van der Waals surface area contributed by atoms with E-state index in [0.717, 1.165) is 33.3 Å². The van der Waals surface area contributed by atoms with Crippen molar-refractivity contribution in [1.29, 1.82) is 0 Å². The van der Waals surface area contributed by atoms with Gasteiger partial charge in [0.1, 0.15) is 5.75 Å². The minimum Gasteiger partial charge on any atom is -0.494 e. The maximum Gasteiger partial charge on any atom is 0.243 e. The molecular weight excluding hydrogens is 514 g/mol. The summed E-state index contributed by atoms with van der Waals surface area (Å²) in [7, 11) is -3.63. The number of thiazole rings is 1. The lowest BCUT2D eigenvalue weighted by atomic mass is 9.89. The number of rotatable bonds is 9. The van der Waals surface area contributed by atoms with E-state index in [4.69, 9.17) is 9.72 Å². The summed E-state index contributed by atoms with van der Waals surface area (Å²) in [6, 6.07) is 12.2. The predicted octanol–water partition coefficient (Wildman–Crippen LogP) is 7.09. The monoisotopic (exact) mass is 555 g/mol. The average molecular weight is 556 g/mol. The molecule has 0 N–H and O–H groups in total. The predicted molar refractivity (Wildman–Crippen MR) is 158 cm³/mol. The lowest BCUT2D eigenvalue weighted by molar-refractivity contribution is 0.340. The third kappa shape index (κ3) is 5.92. The minimum atomic E-state index is -3.63. The summed E-state index contributed by atoms with van der Waals surface area (Å²) in [6.45, 7) is 17.4. The molecule has 0 aliphatic carbocycles. The molecule has 1 aliphatic rings. The van der Waals surface area contributed by atoms with Crippen LogP contribution in [0.3, 0.4) is 0 Å². The summed E-state index contributed by atoms with van der Waals surface area (Å²) in [5, 5.41) is 2.99. The highest BCUT2D eigenvalue weighted by Gasteiger charge is 2.34. The van der Waals surface area contributed by atoms with Crippen LogP contribution in [0.15, 0.2) is 46.7 Å². The zero-order valence-electron chi connectivity index (χ0n) is 23.7. The number of hydrogen-bond acceptors (Lipinski definition) is 6. The molecule has 0 spiro atoms. The van der Waals surface area contributed by atoms with E-state index in [1.54, 1.807) is 15.6 Å². The van der Waals surface area contributed by atoms with Crippen LogP contribution in [0.4, 0.5) is 5.13 Å². The number of anilines is 1. The second-order valence-corrected chi connectivity index (χ2v) is 13.6. The van der Waals surface area contributed by atoms with E-state index in [0.29, 0.717) is 43.6 Å². The van der Waals surface area contributed by atoms with Gasteiger partial charge in [-0.15, -0.1) is 11.3 Å². The molecule has 0 bridgehead atoms. The molecule has 2 aromatic carbocycles. The van der Waals surface area contributed by atoms with Gasteiger partial charge in [0.2, 0.25) is 10.0 Å². The lowest BCUT2D eigenvalue weighted by Gasteiger charge is -2.35. The quantitative estimate of drug-likeness (QED) is 0.282. The molecular formula is C30H41N3O3S2. The summed E-state index contributed by atoms with van der Waals surface area (Å²) in [4.78, 5) is 7.58. The van der Waals surface area contributed by atoms with E-state index in [2.05, 4.69) is 64.0 Å². The maximum absolute atomic E-state index is 14.1. The van der Waals surface area contributed by atoms with E-state index < -0.39 is 10.0 Å². The number of hydrogen-bond donors (Lipinski definition) is 0. The van der Waals surface area contributed by atoms with Crippen LogP contribution in [0, 0.1) is 0 Å². The summed E-state index contributed by atoms with van der Waals surface area (Å²) in [5.74, 6) is 1.43. The highest BCUT2D eigenvalue weighted by molar-refractivity contribution is 7.89. The Morgan fingerprint density at radius 3 is 1.97 bits per heavy atom. The highest BCUT2D eigenvalue weighted by atomic mass is 32.2. The molecule has 0 amide bonds. The molecule has 2 heterocycles. The second kappa shape index (κ2) is 11.8. The minimum absolute atomic E-state index is 0.119. The van der Waals surface area contributed by atoms with Crippen LogP contribution in [0.2, 0.25) is 0 Å². The Labute approximate surface area is 232 Å². The van der Waals surface area contributed by atoms with Crippen molar-refractivity contribution in [2.45, 2.75) is 71.1 Å². The van der Waals surface area contributed by atoms with E-state index in [1.165, 1.54) is 5.56 Å². The number of ether oxygens (including phenoxy) is 1. The van der Waals surface area contributed by atoms with Crippen LogP contribution < -0.4 is 9.64 Å². The number of piperazine rings is 1. The molecule has 1 aliphatic heterocycles. The Morgan fingerprint density at radius 2 is 1.47 bits per heavy atom. The van der Waals surface area contributed by atoms with Gasteiger partial charge in [0, 0.05) is 37.1 Å². The fraction of sp³-hybridized carbons (Fsp3) is 0.500. The van der Waals surface area contributed by atoms with Crippen molar-refractivity contribution in [3.8, 4) is 17.0 Å². The largest absolute Gasteiger partial charge is 0.494 e. The van der Waals surface area contributed by atoms with Crippen LogP contribution in [0.5, 0.6) is 5.75 Å². The first-order valence-electron chi connectivity index (χ1n) is 13.6. The summed E-state index contributed by atoms with van der Waals surface area (Å²) in [6.07, 6.45) is 0. The van der Waals surface area contributed by atoms with Crippen LogP contribution in [-0.4, -0.2) is 50.5 Å². The standard InChI is InChI=1S/C30H41N3O3S2/c1-8-36-25-11-9-23(10-12-25)28-19-37-30(31-28)32-13-15-33(16-14-32)38(34,35)29-26(21(4)5)17-24(20(2)3)18-27(29)22(6)7/h9-12,17-22H,8,13-16H2,1-7H3. The number of aromatic nitrogens is 1. The van der Waals surface area contributed by atoms with Crippen molar-refractivity contribution < 1.29 is 13.2 Å². The van der Waals surface area contributed by atoms with Gasteiger partial charge in [-0.05, 0) is 65.6 Å². The Hall–Kier alpha value is -2.42. The molecule has 1 aromatic heterocycles. The molecule has 0 unspecified atom stereocenters. The van der Waals surface area contributed by atoms with E-state index in [9.17, 15) is 8.42 Å². The van der Waals surface area contributed by atoms with Crippen molar-refractivity contribution in [3.63, 3.8) is 0 Å². The van der Waals surface area contributed by atoms with Gasteiger partial charge in [-0.2, -0.15) is 4.31 Å². The zero-order valence-corrected chi connectivity index (χ0v) is 25.3. The molecule has 0 saturated carbocycles. The lowest BCUT2D eigenvalue weighted by Crippen LogP contribution is -2.49.